The van der Waals surface area contributed by atoms with Gasteiger partial charge in [0.2, 0.25) is 5.91 Å². The molecular weight excluding hydrogens is 420 g/mol. The van der Waals surface area contributed by atoms with Gasteiger partial charge in [0.15, 0.2) is 6.61 Å². The Kier molecular flexibility index (Phi) is 7.24. The van der Waals surface area contributed by atoms with Crippen LogP contribution in [-0.2, 0) is 20.9 Å². The average molecular weight is 438 g/mol. The molecule has 0 radical (unpaired) electrons. The van der Waals surface area contributed by atoms with E-state index in [0.29, 0.717) is 11.3 Å². The van der Waals surface area contributed by atoms with Crippen LogP contribution in [0.15, 0.2) is 53.4 Å². The molecule has 158 valence electrons. The number of amides is 4. The lowest BCUT2D eigenvalue weighted by Crippen LogP contribution is -2.30. The Bertz CT molecular complexity index is 1030. The number of nitrogens with one attached hydrogen (secondary N) is 2. The number of anilines is 1. The van der Waals surface area contributed by atoms with Crippen molar-refractivity contribution in [1.82, 2.24) is 10.2 Å². The van der Waals surface area contributed by atoms with Crippen LogP contribution in [0, 0.1) is 11.3 Å². The Labute approximate surface area is 182 Å². The predicted octanol–water partition coefficient (Wildman–Crippen LogP) is 2.15. The summed E-state index contributed by atoms with van der Waals surface area (Å²) in [5, 5.41) is 13.8. The Morgan fingerprint density at radius 1 is 1.16 bits per heavy atom. The lowest BCUT2D eigenvalue weighted by molar-refractivity contribution is -0.125. The van der Waals surface area contributed by atoms with Crippen LogP contribution >= 0.6 is 11.8 Å². The highest BCUT2D eigenvalue weighted by atomic mass is 32.2. The number of ether oxygens (including phenoxy) is 1. The molecule has 0 aliphatic carbocycles. The molecule has 2 aromatic rings. The molecule has 0 unspecified atom stereocenters. The molecule has 0 atom stereocenters. The lowest BCUT2D eigenvalue weighted by atomic mass is 10.1. The number of hydrogen-bond acceptors (Lipinski definition) is 7. The van der Waals surface area contributed by atoms with Crippen molar-refractivity contribution in [2.75, 3.05) is 24.2 Å². The minimum Gasteiger partial charge on any atom is -0.452 e. The van der Waals surface area contributed by atoms with E-state index in [4.69, 9.17) is 10.00 Å². The number of nitrogens with zero attached hydrogens (tertiary/aromatic N) is 2. The van der Waals surface area contributed by atoms with Gasteiger partial charge in [0, 0.05) is 4.90 Å². The predicted molar refractivity (Wildman–Crippen MR) is 112 cm³/mol. The van der Waals surface area contributed by atoms with E-state index in [1.54, 1.807) is 36.4 Å². The highest BCUT2D eigenvalue weighted by molar-refractivity contribution is 7.99. The van der Waals surface area contributed by atoms with Crippen molar-refractivity contribution in [3.05, 3.63) is 59.7 Å². The Hall–Kier alpha value is -3.84. The van der Waals surface area contributed by atoms with Crippen LogP contribution < -0.4 is 10.6 Å². The molecule has 2 N–H and O–H groups in total. The summed E-state index contributed by atoms with van der Waals surface area (Å²) in [6, 6.07) is 14.8. The first-order valence-electron chi connectivity index (χ1n) is 9.21. The summed E-state index contributed by atoms with van der Waals surface area (Å²) in [7, 11) is 0. The zero-order valence-electron chi connectivity index (χ0n) is 16.3. The molecule has 1 heterocycles. The second kappa shape index (κ2) is 10.3. The van der Waals surface area contributed by atoms with Gasteiger partial charge in [0.05, 0.1) is 36.2 Å². The summed E-state index contributed by atoms with van der Waals surface area (Å²) in [4.78, 5) is 49.4. The molecule has 31 heavy (non-hydrogen) atoms. The largest absolute Gasteiger partial charge is 0.452 e. The normalized spacial score (nSPS) is 12.8. The van der Waals surface area contributed by atoms with Gasteiger partial charge in [0.25, 0.3) is 5.91 Å². The molecule has 1 fully saturated rings. The smallest absolute Gasteiger partial charge is 0.338 e. The maximum absolute atomic E-state index is 12.2. The number of urea groups is 1. The van der Waals surface area contributed by atoms with Gasteiger partial charge in [-0.15, -0.1) is 11.8 Å². The molecule has 2 aromatic carbocycles. The summed E-state index contributed by atoms with van der Waals surface area (Å²) < 4.78 is 5.05. The quantitative estimate of drug-likeness (QED) is 0.367. The average Bonchev–Trinajstić information content (AvgIpc) is 3.09. The summed E-state index contributed by atoms with van der Waals surface area (Å²) in [5.74, 6) is -1.25. The van der Waals surface area contributed by atoms with E-state index in [1.807, 2.05) is 6.07 Å². The molecule has 9 nitrogen and oxygen atoms in total. The van der Waals surface area contributed by atoms with Crippen molar-refractivity contribution in [2.24, 2.45) is 0 Å². The van der Waals surface area contributed by atoms with Gasteiger partial charge >= 0.3 is 12.0 Å². The number of carbonyl (C=O) groups excluding carboxylic acids is 4. The summed E-state index contributed by atoms with van der Waals surface area (Å²) in [5.41, 5.74) is 1.44. The van der Waals surface area contributed by atoms with Crippen LogP contribution in [0.2, 0.25) is 0 Å². The van der Waals surface area contributed by atoms with Crippen LogP contribution in [0.5, 0.6) is 0 Å². The van der Waals surface area contributed by atoms with E-state index in [0.717, 1.165) is 9.80 Å². The van der Waals surface area contributed by atoms with E-state index in [9.17, 15) is 19.2 Å². The Balaban J connectivity index is 1.51. The van der Waals surface area contributed by atoms with Crippen LogP contribution in [0.25, 0.3) is 0 Å². The molecule has 0 spiro atoms. The van der Waals surface area contributed by atoms with Crippen molar-refractivity contribution in [3.8, 4) is 6.07 Å². The minimum absolute atomic E-state index is 0.0210. The van der Waals surface area contributed by atoms with E-state index in [1.165, 1.54) is 23.9 Å². The number of imide groups is 1. The standard InChI is InChI=1S/C21H18N4O5S/c22-9-10-31-17-4-2-1-3-16(17)24-18(26)13-30-20(28)15-7-5-14(6-8-15)12-25-19(27)11-23-21(25)29/h1-8H,10-13H2,(H,23,29)(H,24,26). The zero-order valence-corrected chi connectivity index (χ0v) is 17.1. The van der Waals surface area contributed by atoms with Crippen molar-refractivity contribution in [1.29, 1.82) is 5.26 Å². The maximum atomic E-state index is 12.2. The Morgan fingerprint density at radius 2 is 1.90 bits per heavy atom. The number of benzene rings is 2. The van der Waals surface area contributed by atoms with Crippen LogP contribution in [0.3, 0.4) is 0 Å². The molecule has 0 bridgehead atoms. The molecule has 1 aliphatic heterocycles. The van der Waals surface area contributed by atoms with Crippen molar-refractivity contribution < 1.29 is 23.9 Å². The highest BCUT2D eigenvalue weighted by Crippen LogP contribution is 2.26. The highest BCUT2D eigenvalue weighted by Gasteiger charge is 2.28. The molecule has 4 amide bonds. The van der Waals surface area contributed by atoms with E-state index in [2.05, 4.69) is 10.6 Å². The van der Waals surface area contributed by atoms with Gasteiger partial charge in [-0.1, -0.05) is 24.3 Å². The second-order valence-corrected chi connectivity index (χ2v) is 7.42. The van der Waals surface area contributed by atoms with Gasteiger partial charge in [-0.05, 0) is 29.8 Å². The number of carbonyl (C=O) groups is 4. The van der Waals surface area contributed by atoms with Gasteiger partial charge in [0.1, 0.15) is 0 Å². The van der Waals surface area contributed by atoms with E-state index in [-0.39, 0.29) is 30.3 Å². The van der Waals surface area contributed by atoms with Crippen molar-refractivity contribution >= 4 is 41.3 Å². The zero-order chi connectivity index (χ0) is 22.2. The fourth-order valence-corrected chi connectivity index (χ4v) is 3.42. The maximum Gasteiger partial charge on any atom is 0.338 e. The monoisotopic (exact) mass is 438 g/mol. The number of esters is 1. The van der Waals surface area contributed by atoms with Crippen LogP contribution in [-0.4, -0.2) is 47.6 Å². The topological polar surface area (TPSA) is 129 Å². The molecule has 1 saturated heterocycles. The first-order chi connectivity index (χ1) is 15.0. The van der Waals surface area contributed by atoms with Crippen molar-refractivity contribution in [2.45, 2.75) is 11.4 Å². The van der Waals surface area contributed by atoms with Crippen LogP contribution in [0.1, 0.15) is 15.9 Å². The SMILES string of the molecule is N#CCSc1ccccc1NC(=O)COC(=O)c1ccc(CN2C(=O)CNC2=O)cc1. The van der Waals surface area contributed by atoms with E-state index < -0.39 is 24.5 Å². The summed E-state index contributed by atoms with van der Waals surface area (Å²) in [6.07, 6.45) is 0. The number of nitriles is 1. The molecule has 1 aliphatic rings. The van der Waals surface area contributed by atoms with Gasteiger partial charge in [-0.25, -0.2) is 9.59 Å². The molecule has 10 heteroatoms. The van der Waals surface area contributed by atoms with Gasteiger partial charge in [-0.2, -0.15) is 5.26 Å². The molecular formula is C21H18N4O5S. The van der Waals surface area contributed by atoms with E-state index >= 15 is 0 Å². The number of para-hydroxylation sites is 1. The second-order valence-electron chi connectivity index (χ2n) is 6.40. The first kappa shape index (κ1) is 21.9. The van der Waals surface area contributed by atoms with Crippen molar-refractivity contribution in [3.63, 3.8) is 0 Å². The van der Waals surface area contributed by atoms with Gasteiger partial charge in [-0.3, -0.25) is 14.5 Å². The fourth-order valence-electron chi connectivity index (χ4n) is 2.75. The first-order valence-corrected chi connectivity index (χ1v) is 10.2. The van der Waals surface area contributed by atoms with Gasteiger partial charge < -0.3 is 15.4 Å². The molecule has 0 saturated carbocycles. The lowest BCUT2D eigenvalue weighted by Gasteiger charge is -2.12. The third-order valence-electron chi connectivity index (χ3n) is 4.26. The summed E-state index contributed by atoms with van der Waals surface area (Å²) >= 11 is 1.29. The third kappa shape index (κ3) is 5.83. The molecule has 3 rings (SSSR count). The molecule has 0 aromatic heterocycles. The van der Waals surface area contributed by atoms with Crippen LogP contribution in [0.4, 0.5) is 10.5 Å². The number of hydrogen-bond donors (Lipinski definition) is 2. The number of thioether (sulfide) groups is 1. The number of rotatable bonds is 8. The minimum atomic E-state index is -0.677. The Morgan fingerprint density at radius 3 is 2.58 bits per heavy atom. The summed E-state index contributed by atoms with van der Waals surface area (Å²) in [6.45, 7) is -0.390. The third-order valence-corrected chi connectivity index (χ3v) is 5.20. The fraction of sp³-hybridized carbons (Fsp3) is 0.190.